The highest BCUT2D eigenvalue weighted by Gasteiger charge is 2.12. The monoisotopic (exact) mass is 458 g/mol. The molecule has 34 heavy (non-hydrogen) atoms. The number of anilines is 2. The zero-order valence-corrected chi connectivity index (χ0v) is 19.5. The zero-order valence-electron chi connectivity index (χ0n) is 19.5. The number of aryl methyl sites for hydroxylation is 1. The normalized spacial score (nSPS) is 10.6. The molecule has 0 unspecified atom stereocenters. The number of nitrogens with zero attached hydrogens (tertiary/aromatic N) is 4. The number of rotatable bonds is 7. The van der Waals surface area contributed by atoms with Crippen LogP contribution in [0.4, 0.5) is 16.2 Å². The Hall–Kier alpha value is -4.40. The molecule has 0 radical (unpaired) electrons. The number of benzene rings is 2. The lowest BCUT2D eigenvalue weighted by Crippen LogP contribution is -2.19. The third kappa shape index (κ3) is 5.15. The fourth-order valence-corrected chi connectivity index (χ4v) is 3.31. The van der Waals surface area contributed by atoms with Gasteiger partial charge >= 0.3 is 6.03 Å². The molecule has 174 valence electrons. The van der Waals surface area contributed by atoms with E-state index in [0.29, 0.717) is 41.2 Å². The van der Waals surface area contributed by atoms with Crippen LogP contribution in [0, 0.1) is 20.8 Å². The molecular formula is C25H26N6O3. The lowest BCUT2D eigenvalue weighted by molar-refractivity contribution is 0.262. The van der Waals surface area contributed by atoms with Gasteiger partial charge in [-0.1, -0.05) is 12.1 Å². The minimum absolute atomic E-state index is 0.374. The molecule has 0 aliphatic heterocycles. The topological polar surface area (TPSA) is 103 Å². The van der Waals surface area contributed by atoms with Gasteiger partial charge in [-0.25, -0.2) is 19.4 Å². The first-order chi connectivity index (χ1) is 16.4. The summed E-state index contributed by atoms with van der Waals surface area (Å²) in [7, 11) is 0. The summed E-state index contributed by atoms with van der Waals surface area (Å²) >= 11 is 0. The highest BCUT2D eigenvalue weighted by Crippen LogP contribution is 2.25. The van der Waals surface area contributed by atoms with E-state index in [0.717, 1.165) is 17.0 Å². The first-order valence-electron chi connectivity index (χ1n) is 10.9. The lowest BCUT2D eigenvalue weighted by Gasteiger charge is -2.12. The number of carbonyl (C=O) groups is 1. The second-order valence-corrected chi connectivity index (χ2v) is 7.56. The van der Waals surface area contributed by atoms with Crippen LogP contribution in [0.1, 0.15) is 23.9 Å². The van der Waals surface area contributed by atoms with Crippen molar-refractivity contribution in [3.63, 3.8) is 0 Å². The van der Waals surface area contributed by atoms with Crippen LogP contribution >= 0.6 is 0 Å². The van der Waals surface area contributed by atoms with Crippen molar-refractivity contribution in [2.24, 2.45) is 0 Å². The van der Waals surface area contributed by atoms with Crippen LogP contribution in [-0.2, 0) is 0 Å². The summed E-state index contributed by atoms with van der Waals surface area (Å²) in [5.74, 6) is 2.20. The van der Waals surface area contributed by atoms with E-state index in [-0.39, 0.29) is 6.03 Å². The highest BCUT2D eigenvalue weighted by molar-refractivity contribution is 6.00. The molecule has 0 saturated heterocycles. The Morgan fingerprint density at radius 1 is 1.00 bits per heavy atom. The number of nitrogens with one attached hydrogen (secondary N) is 2. The van der Waals surface area contributed by atoms with Crippen LogP contribution in [0.3, 0.4) is 0 Å². The molecule has 9 nitrogen and oxygen atoms in total. The lowest BCUT2D eigenvalue weighted by atomic mass is 10.2. The van der Waals surface area contributed by atoms with Gasteiger partial charge in [0.1, 0.15) is 17.8 Å². The van der Waals surface area contributed by atoms with Crippen LogP contribution in [-0.4, -0.2) is 32.4 Å². The van der Waals surface area contributed by atoms with Crippen LogP contribution in [0.5, 0.6) is 17.4 Å². The maximum Gasteiger partial charge on any atom is 0.323 e. The molecule has 0 saturated carbocycles. The molecule has 4 aromatic rings. The predicted molar refractivity (Wildman–Crippen MR) is 130 cm³/mol. The molecule has 0 fully saturated rings. The van der Waals surface area contributed by atoms with Crippen molar-refractivity contribution in [1.29, 1.82) is 0 Å². The van der Waals surface area contributed by atoms with E-state index in [2.05, 4.69) is 25.7 Å². The first kappa shape index (κ1) is 22.8. The van der Waals surface area contributed by atoms with Gasteiger partial charge in [-0.15, -0.1) is 0 Å². The number of ether oxygens (including phenoxy) is 2. The van der Waals surface area contributed by atoms with E-state index in [1.54, 1.807) is 47.1 Å². The van der Waals surface area contributed by atoms with Crippen molar-refractivity contribution < 1.29 is 14.3 Å². The second-order valence-electron chi connectivity index (χ2n) is 7.56. The average molecular weight is 459 g/mol. The maximum atomic E-state index is 12.4. The van der Waals surface area contributed by atoms with Gasteiger partial charge in [-0.3, -0.25) is 0 Å². The molecule has 0 spiro atoms. The molecule has 0 atom stereocenters. The van der Waals surface area contributed by atoms with Gasteiger partial charge in [0.15, 0.2) is 5.82 Å². The molecule has 2 aromatic carbocycles. The van der Waals surface area contributed by atoms with E-state index in [9.17, 15) is 4.79 Å². The molecule has 9 heteroatoms. The van der Waals surface area contributed by atoms with E-state index >= 15 is 0 Å². The summed E-state index contributed by atoms with van der Waals surface area (Å²) in [6, 6.07) is 15.6. The van der Waals surface area contributed by atoms with Gasteiger partial charge in [0, 0.05) is 17.4 Å². The Kier molecular flexibility index (Phi) is 6.72. The van der Waals surface area contributed by atoms with Gasteiger partial charge in [-0.05, 0) is 69.7 Å². The van der Waals surface area contributed by atoms with Gasteiger partial charge in [0.2, 0.25) is 5.88 Å². The van der Waals surface area contributed by atoms with E-state index in [1.165, 1.54) is 6.33 Å². The number of para-hydroxylation sites is 2. The summed E-state index contributed by atoms with van der Waals surface area (Å²) in [4.78, 5) is 20.9. The molecule has 2 aromatic heterocycles. The number of aromatic nitrogens is 4. The Labute approximate surface area is 197 Å². The summed E-state index contributed by atoms with van der Waals surface area (Å²) < 4.78 is 13.2. The van der Waals surface area contributed by atoms with Crippen LogP contribution in [0.15, 0.2) is 60.9 Å². The Morgan fingerprint density at radius 3 is 2.47 bits per heavy atom. The molecule has 0 bridgehead atoms. The largest absolute Gasteiger partial charge is 0.492 e. The highest BCUT2D eigenvalue weighted by atomic mass is 16.5. The molecule has 2 N–H and O–H groups in total. The average Bonchev–Trinajstić information content (AvgIpc) is 3.09. The quantitative estimate of drug-likeness (QED) is 0.383. The maximum absolute atomic E-state index is 12.4. The molecule has 2 heterocycles. The zero-order chi connectivity index (χ0) is 24.1. The Balaban J connectivity index is 1.41. The van der Waals surface area contributed by atoms with Crippen molar-refractivity contribution in [2.75, 3.05) is 17.2 Å². The van der Waals surface area contributed by atoms with Crippen LogP contribution in [0.2, 0.25) is 0 Å². The third-order valence-electron chi connectivity index (χ3n) is 5.27. The fourth-order valence-electron chi connectivity index (χ4n) is 3.31. The second kappa shape index (κ2) is 10.0. The van der Waals surface area contributed by atoms with Gasteiger partial charge in [-0.2, -0.15) is 5.10 Å². The van der Waals surface area contributed by atoms with E-state index in [4.69, 9.17) is 9.47 Å². The SMILES string of the molecule is CCOc1ccccc1NC(=O)Nc1ccc(Oc2cc(-n3nc(C)c(C)c3C)ncn2)cc1. The standard InChI is InChI=1S/C25H26N6O3/c1-5-33-22-9-7-6-8-21(22)29-25(32)28-19-10-12-20(13-11-19)34-24-14-23(26-15-27-24)31-18(4)16(2)17(3)30-31/h6-15H,5H2,1-4H3,(H2,28,29,32). The minimum Gasteiger partial charge on any atom is -0.492 e. The Morgan fingerprint density at radius 2 is 1.76 bits per heavy atom. The molecule has 0 aliphatic rings. The minimum atomic E-state index is -0.374. The molecule has 2 amide bonds. The van der Waals surface area contributed by atoms with Gasteiger partial charge in [0.25, 0.3) is 0 Å². The first-order valence-corrected chi connectivity index (χ1v) is 10.9. The number of hydrogen-bond donors (Lipinski definition) is 2. The number of amides is 2. The van der Waals surface area contributed by atoms with Gasteiger partial charge in [0.05, 0.1) is 18.0 Å². The van der Waals surface area contributed by atoms with Crippen molar-refractivity contribution in [3.05, 3.63) is 77.9 Å². The summed E-state index contributed by atoms with van der Waals surface area (Å²) in [5.41, 5.74) is 4.29. The molecular weight excluding hydrogens is 432 g/mol. The van der Waals surface area contributed by atoms with Gasteiger partial charge < -0.3 is 20.1 Å². The van der Waals surface area contributed by atoms with Crippen LogP contribution < -0.4 is 20.1 Å². The summed E-state index contributed by atoms with van der Waals surface area (Å²) in [5, 5.41) is 10.1. The third-order valence-corrected chi connectivity index (χ3v) is 5.27. The molecule has 4 rings (SSSR count). The van der Waals surface area contributed by atoms with Crippen LogP contribution in [0.25, 0.3) is 5.82 Å². The Bertz CT molecular complexity index is 1300. The fraction of sp³-hybridized carbons (Fsp3) is 0.200. The van der Waals surface area contributed by atoms with E-state index in [1.807, 2.05) is 39.8 Å². The molecule has 0 aliphatic carbocycles. The van der Waals surface area contributed by atoms with Crippen molar-refractivity contribution in [3.8, 4) is 23.2 Å². The predicted octanol–water partition coefficient (Wildman–Crippen LogP) is 5.42. The van der Waals surface area contributed by atoms with E-state index < -0.39 is 0 Å². The van der Waals surface area contributed by atoms with Crippen molar-refractivity contribution in [2.45, 2.75) is 27.7 Å². The number of urea groups is 1. The van der Waals surface area contributed by atoms with Crippen molar-refractivity contribution in [1.82, 2.24) is 19.7 Å². The number of hydrogen-bond acceptors (Lipinski definition) is 6. The number of carbonyl (C=O) groups excluding carboxylic acids is 1. The smallest absolute Gasteiger partial charge is 0.323 e. The summed E-state index contributed by atoms with van der Waals surface area (Å²) in [6.45, 7) is 8.39. The summed E-state index contributed by atoms with van der Waals surface area (Å²) in [6.07, 6.45) is 1.44. The van der Waals surface area contributed by atoms with Crippen molar-refractivity contribution >= 4 is 17.4 Å².